The van der Waals surface area contributed by atoms with E-state index < -0.39 is 13.3 Å². The predicted octanol–water partition coefficient (Wildman–Crippen LogP) is 3.13. The third-order valence-electron chi connectivity index (χ3n) is 2.36. The minimum Gasteiger partial charge on any atom is -0.308 e. The molecule has 0 aliphatic carbocycles. The molecule has 0 saturated carbocycles. The first kappa shape index (κ1) is 12.8. The lowest BCUT2D eigenvalue weighted by molar-refractivity contribution is 0.256. The van der Waals surface area contributed by atoms with Gasteiger partial charge >= 0.3 is 6.03 Å². The molecule has 0 bridgehead atoms. The lowest BCUT2D eigenvalue weighted by atomic mass is 10.3. The second-order valence-electron chi connectivity index (χ2n) is 3.45. The van der Waals surface area contributed by atoms with Crippen LogP contribution in [-0.4, -0.2) is 18.4 Å². The Hall–Kier alpha value is -1.28. The van der Waals surface area contributed by atoms with E-state index in [1.54, 1.807) is 12.1 Å². The van der Waals surface area contributed by atoms with Crippen molar-refractivity contribution in [3.8, 4) is 0 Å². The molecule has 1 aromatic carbocycles. The van der Waals surface area contributed by atoms with Gasteiger partial charge in [0.1, 0.15) is 0 Å². The Kier molecular flexibility index (Phi) is 4.56. The number of carbonyl (C=O) groups excluding carboxylic acids is 1. The lowest BCUT2D eigenvalue weighted by Gasteiger charge is -2.16. The third kappa shape index (κ3) is 3.70. The van der Waals surface area contributed by atoms with Gasteiger partial charge < -0.3 is 9.88 Å². The SMILES string of the molecule is CCP(=O)(CC)NC(=O)Nc1ccccc1. The summed E-state index contributed by atoms with van der Waals surface area (Å²) in [7, 11) is -2.54. The van der Waals surface area contributed by atoms with Crippen LogP contribution in [0.4, 0.5) is 10.5 Å². The minimum atomic E-state index is -2.54. The van der Waals surface area contributed by atoms with E-state index in [0.717, 1.165) is 0 Å². The van der Waals surface area contributed by atoms with E-state index in [9.17, 15) is 9.36 Å². The monoisotopic (exact) mass is 240 g/mol. The second-order valence-corrected chi connectivity index (χ2v) is 6.72. The summed E-state index contributed by atoms with van der Waals surface area (Å²) in [6, 6.07) is 8.68. The number of rotatable bonds is 4. The summed E-state index contributed by atoms with van der Waals surface area (Å²) in [5.41, 5.74) is 0.693. The highest BCUT2D eigenvalue weighted by Crippen LogP contribution is 2.39. The van der Waals surface area contributed by atoms with Crippen molar-refractivity contribution in [3.63, 3.8) is 0 Å². The molecule has 0 saturated heterocycles. The van der Waals surface area contributed by atoms with E-state index >= 15 is 0 Å². The molecule has 2 amide bonds. The van der Waals surface area contributed by atoms with E-state index in [1.165, 1.54) is 0 Å². The molecule has 1 aromatic rings. The fraction of sp³-hybridized carbons (Fsp3) is 0.364. The van der Waals surface area contributed by atoms with Crippen molar-refractivity contribution < 1.29 is 9.36 Å². The Morgan fingerprint density at radius 2 is 1.75 bits per heavy atom. The van der Waals surface area contributed by atoms with Gasteiger partial charge in [0.05, 0.1) is 0 Å². The summed E-state index contributed by atoms with van der Waals surface area (Å²) in [6.45, 7) is 3.63. The summed E-state index contributed by atoms with van der Waals surface area (Å²) < 4.78 is 12.0. The topological polar surface area (TPSA) is 58.2 Å². The van der Waals surface area contributed by atoms with Crippen LogP contribution >= 0.6 is 7.29 Å². The molecule has 2 N–H and O–H groups in total. The predicted molar refractivity (Wildman–Crippen MR) is 67.3 cm³/mol. The van der Waals surface area contributed by atoms with Crippen molar-refractivity contribution in [2.45, 2.75) is 13.8 Å². The maximum atomic E-state index is 12.0. The molecule has 1 rings (SSSR count). The normalized spacial score (nSPS) is 10.9. The highest BCUT2D eigenvalue weighted by molar-refractivity contribution is 7.62. The Morgan fingerprint density at radius 1 is 1.19 bits per heavy atom. The van der Waals surface area contributed by atoms with Gasteiger partial charge in [0.2, 0.25) is 0 Å². The van der Waals surface area contributed by atoms with Crippen molar-refractivity contribution in [2.24, 2.45) is 0 Å². The number of urea groups is 1. The van der Waals surface area contributed by atoms with Crippen molar-refractivity contribution in [1.82, 2.24) is 5.09 Å². The van der Waals surface area contributed by atoms with E-state index in [1.807, 2.05) is 32.0 Å². The van der Waals surface area contributed by atoms with E-state index in [-0.39, 0.29) is 0 Å². The summed E-state index contributed by atoms with van der Waals surface area (Å²) in [5.74, 6) is 0. The van der Waals surface area contributed by atoms with Crippen LogP contribution in [0.3, 0.4) is 0 Å². The van der Waals surface area contributed by atoms with Crippen LogP contribution in [0.5, 0.6) is 0 Å². The maximum absolute atomic E-state index is 12.0. The third-order valence-corrected chi connectivity index (χ3v) is 5.01. The summed E-state index contributed by atoms with van der Waals surface area (Å²) >= 11 is 0. The molecule has 0 aromatic heterocycles. The second kappa shape index (κ2) is 5.71. The number of hydrogen-bond donors (Lipinski definition) is 2. The Bertz CT molecular complexity index is 384. The first-order chi connectivity index (χ1) is 7.59. The molecule has 0 heterocycles. The van der Waals surface area contributed by atoms with Gasteiger partial charge in [-0.05, 0) is 12.1 Å². The standard InChI is InChI=1S/C11H17N2O2P/c1-3-16(15,4-2)13-11(14)12-10-8-6-5-7-9-10/h5-9H,3-4H2,1-2H3,(H2,12,13,14,15). The summed E-state index contributed by atoms with van der Waals surface area (Å²) in [4.78, 5) is 11.6. The zero-order valence-corrected chi connectivity index (χ0v) is 10.5. The molecule has 0 fully saturated rings. The highest BCUT2D eigenvalue weighted by Gasteiger charge is 2.19. The van der Waals surface area contributed by atoms with Crippen LogP contribution in [0.25, 0.3) is 0 Å². The molecule has 0 radical (unpaired) electrons. The number of anilines is 1. The zero-order chi connectivity index (χ0) is 12.0. The van der Waals surface area contributed by atoms with Crippen LogP contribution in [-0.2, 0) is 4.57 Å². The first-order valence-corrected chi connectivity index (χ1v) is 7.39. The van der Waals surface area contributed by atoms with Crippen molar-refractivity contribution >= 4 is 19.0 Å². The molecular weight excluding hydrogens is 223 g/mol. The first-order valence-electron chi connectivity index (χ1n) is 5.32. The number of nitrogens with one attached hydrogen (secondary N) is 2. The van der Waals surface area contributed by atoms with Gasteiger partial charge in [-0.3, -0.25) is 5.09 Å². The van der Waals surface area contributed by atoms with Crippen LogP contribution in [0.1, 0.15) is 13.8 Å². The average molecular weight is 240 g/mol. The average Bonchev–Trinajstić information content (AvgIpc) is 2.30. The minimum absolute atomic E-state index is 0.404. The molecule has 0 spiro atoms. The Balaban J connectivity index is 2.58. The quantitative estimate of drug-likeness (QED) is 0.794. The van der Waals surface area contributed by atoms with E-state index in [4.69, 9.17) is 0 Å². The highest BCUT2D eigenvalue weighted by atomic mass is 31.2. The van der Waals surface area contributed by atoms with Crippen molar-refractivity contribution in [3.05, 3.63) is 30.3 Å². The molecule has 0 unspecified atom stereocenters. The molecular formula is C11H17N2O2P. The maximum Gasteiger partial charge on any atom is 0.324 e. The molecule has 88 valence electrons. The van der Waals surface area contributed by atoms with Crippen LogP contribution in [0.2, 0.25) is 0 Å². The summed E-state index contributed by atoms with van der Waals surface area (Å²) in [6.07, 6.45) is 0.956. The number of carbonyl (C=O) groups is 1. The van der Waals surface area contributed by atoms with Gasteiger partial charge in [-0.1, -0.05) is 32.0 Å². The van der Waals surface area contributed by atoms with Crippen LogP contribution < -0.4 is 10.4 Å². The molecule has 0 atom stereocenters. The van der Waals surface area contributed by atoms with Crippen molar-refractivity contribution in [2.75, 3.05) is 17.6 Å². The fourth-order valence-corrected chi connectivity index (χ4v) is 2.44. The Labute approximate surface area is 95.9 Å². The molecule has 16 heavy (non-hydrogen) atoms. The molecule has 0 aliphatic heterocycles. The van der Waals surface area contributed by atoms with E-state index in [2.05, 4.69) is 10.4 Å². The number of amides is 2. The van der Waals surface area contributed by atoms with Crippen LogP contribution in [0.15, 0.2) is 30.3 Å². The van der Waals surface area contributed by atoms with Gasteiger partial charge in [0.15, 0.2) is 7.29 Å². The number of benzene rings is 1. The largest absolute Gasteiger partial charge is 0.324 e. The fourth-order valence-electron chi connectivity index (χ4n) is 1.25. The Morgan fingerprint density at radius 3 is 2.25 bits per heavy atom. The summed E-state index contributed by atoms with van der Waals surface area (Å²) in [5, 5.41) is 5.19. The van der Waals surface area contributed by atoms with Gasteiger partial charge in [-0.25, -0.2) is 4.79 Å². The smallest absolute Gasteiger partial charge is 0.308 e. The van der Waals surface area contributed by atoms with Gasteiger partial charge in [0, 0.05) is 18.0 Å². The van der Waals surface area contributed by atoms with Gasteiger partial charge in [-0.15, -0.1) is 0 Å². The zero-order valence-electron chi connectivity index (χ0n) is 9.56. The van der Waals surface area contributed by atoms with Gasteiger partial charge in [-0.2, -0.15) is 0 Å². The van der Waals surface area contributed by atoms with Crippen LogP contribution in [0, 0.1) is 0 Å². The molecule has 0 aliphatic rings. The number of para-hydroxylation sites is 1. The molecule has 4 nitrogen and oxygen atoms in total. The lowest BCUT2D eigenvalue weighted by Crippen LogP contribution is -2.27. The van der Waals surface area contributed by atoms with Crippen molar-refractivity contribution in [1.29, 1.82) is 0 Å². The van der Waals surface area contributed by atoms with E-state index in [0.29, 0.717) is 18.0 Å². The number of hydrogen-bond acceptors (Lipinski definition) is 2. The van der Waals surface area contributed by atoms with Gasteiger partial charge in [0.25, 0.3) is 0 Å². The molecule has 5 heteroatoms.